The van der Waals surface area contributed by atoms with E-state index in [9.17, 15) is 9.18 Å². The Bertz CT molecular complexity index is 879. The molecule has 0 aliphatic carbocycles. The molecule has 0 fully saturated rings. The second-order valence-corrected chi connectivity index (χ2v) is 5.71. The predicted molar refractivity (Wildman–Crippen MR) is 90.5 cm³/mol. The monoisotopic (exact) mass is 324 g/mol. The maximum absolute atomic E-state index is 14.4. The summed E-state index contributed by atoms with van der Waals surface area (Å²) in [6.45, 7) is 5.39. The maximum atomic E-state index is 14.4. The summed E-state index contributed by atoms with van der Waals surface area (Å²) in [7, 11) is 0. The quantitative estimate of drug-likeness (QED) is 0.762. The Morgan fingerprint density at radius 1 is 1.04 bits per heavy atom. The van der Waals surface area contributed by atoms with Gasteiger partial charge in [-0.2, -0.15) is 0 Å². The lowest BCUT2D eigenvalue weighted by Crippen LogP contribution is -2.14. The predicted octanol–water partition coefficient (Wildman–Crippen LogP) is 4.66. The molecule has 5 heteroatoms. The fourth-order valence-corrected chi connectivity index (χ4v) is 2.47. The Hall–Kier alpha value is -2.95. The van der Waals surface area contributed by atoms with Crippen molar-refractivity contribution in [2.75, 3.05) is 5.32 Å². The number of carbonyl (C=O) groups is 1. The molecule has 0 saturated carbocycles. The molecule has 0 bridgehead atoms. The van der Waals surface area contributed by atoms with E-state index < -0.39 is 11.7 Å². The number of nitrogens with one attached hydrogen (secondary N) is 1. The number of aromatic nitrogens is 1. The lowest BCUT2D eigenvalue weighted by atomic mass is 10.0. The minimum Gasteiger partial charge on any atom is -0.359 e. The fraction of sp³-hybridized carbons (Fsp3) is 0.158. The van der Waals surface area contributed by atoms with Crippen LogP contribution in [-0.2, 0) is 0 Å². The number of hydrogen-bond donors (Lipinski definition) is 1. The molecule has 122 valence electrons. The highest BCUT2D eigenvalue weighted by Gasteiger charge is 2.17. The number of amides is 1. The highest BCUT2D eigenvalue weighted by molar-refractivity contribution is 6.05. The van der Waals surface area contributed by atoms with Gasteiger partial charge in [-0.15, -0.1) is 0 Å². The fourth-order valence-electron chi connectivity index (χ4n) is 2.47. The van der Waals surface area contributed by atoms with Gasteiger partial charge in [-0.25, -0.2) is 4.39 Å². The van der Waals surface area contributed by atoms with Gasteiger partial charge in [0, 0.05) is 0 Å². The molecule has 0 unspecified atom stereocenters. The van der Waals surface area contributed by atoms with Gasteiger partial charge < -0.3 is 9.84 Å². The standard InChI is InChI=1S/C19H17FN2O2/c1-11-4-6-14(7-5-11)15-8-9-16(17(20)10-15)19(23)21-18-12(2)22-24-13(18)3/h4-10H,1-3H3,(H,21,23). The van der Waals surface area contributed by atoms with Crippen molar-refractivity contribution in [1.29, 1.82) is 0 Å². The van der Waals surface area contributed by atoms with Gasteiger partial charge in [-0.1, -0.05) is 41.1 Å². The van der Waals surface area contributed by atoms with Crippen LogP contribution in [0.15, 0.2) is 47.0 Å². The van der Waals surface area contributed by atoms with Crippen LogP contribution in [0.5, 0.6) is 0 Å². The van der Waals surface area contributed by atoms with Gasteiger partial charge in [-0.05, 0) is 44.0 Å². The first-order chi connectivity index (χ1) is 11.5. The van der Waals surface area contributed by atoms with Crippen LogP contribution in [0.1, 0.15) is 27.4 Å². The average molecular weight is 324 g/mol. The van der Waals surface area contributed by atoms with Gasteiger partial charge in [0.05, 0.1) is 5.56 Å². The molecule has 3 aromatic rings. The van der Waals surface area contributed by atoms with Crippen molar-refractivity contribution in [2.24, 2.45) is 0 Å². The van der Waals surface area contributed by atoms with E-state index in [0.717, 1.165) is 16.7 Å². The first-order valence-electron chi connectivity index (χ1n) is 7.56. The van der Waals surface area contributed by atoms with Crippen LogP contribution < -0.4 is 5.32 Å². The molecule has 1 amide bonds. The zero-order chi connectivity index (χ0) is 17.3. The Labute approximate surface area is 139 Å². The van der Waals surface area contributed by atoms with Crippen molar-refractivity contribution in [3.05, 3.63) is 70.9 Å². The van der Waals surface area contributed by atoms with E-state index in [-0.39, 0.29) is 5.56 Å². The number of benzene rings is 2. The smallest absolute Gasteiger partial charge is 0.258 e. The third kappa shape index (κ3) is 3.06. The number of carbonyl (C=O) groups excluding carboxylic acids is 1. The lowest BCUT2D eigenvalue weighted by molar-refractivity contribution is 0.102. The van der Waals surface area contributed by atoms with Gasteiger partial charge in [0.2, 0.25) is 0 Å². The first kappa shape index (κ1) is 15.9. The van der Waals surface area contributed by atoms with Crippen LogP contribution in [0.2, 0.25) is 0 Å². The summed E-state index contributed by atoms with van der Waals surface area (Å²) in [6.07, 6.45) is 0. The van der Waals surface area contributed by atoms with E-state index >= 15 is 0 Å². The molecular formula is C19H17FN2O2. The van der Waals surface area contributed by atoms with Gasteiger partial charge in [0.1, 0.15) is 17.2 Å². The third-order valence-corrected chi connectivity index (χ3v) is 3.87. The number of aryl methyl sites for hydroxylation is 3. The van der Waals surface area contributed by atoms with Crippen molar-refractivity contribution in [3.63, 3.8) is 0 Å². The van der Waals surface area contributed by atoms with Crippen molar-refractivity contribution < 1.29 is 13.7 Å². The van der Waals surface area contributed by atoms with Crippen LogP contribution in [0, 0.1) is 26.6 Å². The molecule has 0 aliphatic heterocycles. The summed E-state index contributed by atoms with van der Waals surface area (Å²) in [6, 6.07) is 12.4. The Kier molecular flexibility index (Phi) is 4.16. The SMILES string of the molecule is Cc1ccc(-c2ccc(C(=O)Nc3c(C)noc3C)c(F)c2)cc1. The molecule has 1 aromatic heterocycles. The van der Waals surface area contributed by atoms with E-state index in [1.807, 2.05) is 31.2 Å². The van der Waals surface area contributed by atoms with E-state index in [4.69, 9.17) is 4.52 Å². The zero-order valence-electron chi connectivity index (χ0n) is 13.7. The summed E-state index contributed by atoms with van der Waals surface area (Å²) < 4.78 is 19.4. The molecule has 0 saturated heterocycles. The molecule has 4 nitrogen and oxygen atoms in total. The third-order valence-electron chi connectivity index (χ3n) is 3.87. The second-order valence-electron chi connectivity index (χ2n) is 5.71. The average Bonchev–Trinajstić information content (AvgIpc) is 2.87. The largest absolute Gasteiger partial charge is 0.359 e. The maximum Gasteiger partial charge on any atom is 0.258 e. The molecular weight excluding hydrogens is 307 g/mol. The van der Waals surface area contributed by atoms with E-state index in [1.165, 1.54) is 12.1 Å². The van der Waals surface area contributed by atoms with Crippen molar-refractivity contribution >= 4 is 11.6 Å². The molecule has 24 heavy (non-hydrogen) atoms. The van der Waals surface area contributed by atoms with Gasteiger partial charge in [0.15, 0.2) is 5.76 Å². The molecule has 0 atom stereocenters. The summed E-state index contributed by atoms with van der Waals surface area (Å²) in [4.78, 5) is 12.3. The summed E-state index contributed by atoms with van der Waals surface area (Å²) in [5.41, 5.74) is 3.76. The van der Waals surface area contributed by atoms with E-state index in [1.54, 1.807) is 19.9 Å². The molecule has 0 radical (unpaired) electrons. The van der Waals surface area contributed by atoms with Crippen molar-refractivity contribution in [1.82, 2.24) is 5.16 Å². The Morgan fingerprint density at radius 2 is 1.71 bits per heavy atom. The molecule has 0 aliphatic rings. The van der Waals surface area contributed by atoms with E-state index in [2.05, 4.69) is 10.5 Å². The molecule has 3 rings (SSSR count). The summed E-state index contributed by atoms with van der Waals surface area (Å²) in [5.74, 6) is -0.618. The minimum atomic E-state index is -0.572. The number of rotatable bonds is 3. The van der Waals surface area contributed by atoms with Crippen LogP contribution in [0.3, 0.4) is 0 Å². The zero-order valence-corrected chi connectivity index (χ0v) is 13.7. The van der Waals surface area contributed by atoms with Gasteiger partial charge in [0.25, 0.3) is 5.91 Å². The van der Waals surface area contributed by atoms with E-state index in [0.29, 0.717) is 17.1 Å². The highest BCUT2D eigenvalue weighted by Crippen LogP contribution is 2.24. The summed E-state index contributed by atoms with van der Waals surface area (Å²) >= 11 is 0. The first-order valence-corrected chi connectivity index (χ1v) is 7.56. The number of anilines is 1. The normalized spacial score (nSPS) is 10.7. The van der Waals surface area contributed by atoms with Crippen molar-refractivity contribution in [2.45, 2.75) is 20.8 Å². The van der Waals surface area contributed by atoms with Crippen LogP contribution in [-0.4, -0.2) is 11.1 Å². The van der Waals surface area contributed by atoms with Crippen LogP contribution in [0.4, 0.5) is 10.1 Å². The van der Waals surface area contributed by atoms with Gasteiger partial charge in [-0.3, -0.25) is 4.79 Å². The van der Waals surface area contributed by atoms with Gasteiger partial charge >= 0.3 is 0 Å². The number of hydrogen-bond acceptors (Lipinski definition) is 3. The molecule has 0 spiro atoms. The van der Waals surface area contributed by atoms with Crippen molar-refractivity contribution in [3.8, 4) is 11.1 Å². The molecule has 2 aromatic carbocycles. The number of nitrogens with zero attached hydrogens (tertiary/aromatic N) is 1. The second kappa shape index (κ2) is 6.28. The lowest BCUT2D eigenvalue weighted by Gasteiger charge is -2.08. The van der Waals surface area contributed by atoms with Crippen LogP contribution >= 0.6 is 0 Å². The number of halogens is 1. The topological polar surface area (TPSA) is 55.1 Å². The van der Waals surface area contributed by atoms with Crippen LogP contribution in [0.25, 0.3) is 11.1 Å². The molecule has 1 N–H and O–H groups in total. The molecule has 1 heterocycles. The Balaban J connectivity index is 1.87. The minimum absolute atomic E-state index is 0.0224. The highest BCUT2D eigenvalue weighted by atomic mass is 19.1. The Morgan fingerprint density at radius 3 is 2.29 bits per heavy atom. The summed E-state index contributed by atoms with van der Waals surface area (Å²) in [5, 5.41) is 6.41.